The van der Waals surface area contributed by atoms with Crippen LogP contribution >= 0.6 is 0 Å². The average molecular weight is 313 g/mol. The predicted octanol–water partition coefficient (Wildman–Crippen LogP) is 2.48. The van der Waals surface area contributed by atoms with Crippen LogP contribution in [0.3, 0.4) is 0 Å². The van der Waals surface area contributed by atoms with E-state index in [9.17, 15) is 0 Å². The molecule has 0 radical (unpaired) electrons. The van der Waals surface area contributed by atoms with Gasteiger partial charge in [-0.05, 0) is 43.7 Å². The van der Waals surface area contributed by atoms with Gasteiger partial charge in [0.1, 0.15) is 0 Å². The number of rotatable bonds is 4. The van der Waals surface area contributed by atoms with E-state index in [0.29, 0.717) is 17.5 Å². The second-order valence-corrected chi connectivity index (χ2v) is 6.33. The highest BCUT2D eigenvalue weighted by Crippen LogP contribution is 2.27. The summed E-state index contributed by atoms with van der Waals surface area (Å²) < 4.78 is 0. The molecule has 122 valence electrons. The lowest BCUT2D eigenvalue weighted by molar-refractivity contribution is -0.365. The minimum absolute atomic E-state index is 0.471. The minimum Gasteiger partial charge on any atom is -0.397 e. The molecule has 23 heavy (non-hydrogen) atoms. The van der Waals surface area contributed by atoms with Crippen molar-refractivity contribution in [1.29, 1.82) is 0 Å². The maximum atomic E-state index is 6.19. The molecule has 0 unspecified atom stereocenters. The Balaban J connectivity index is 1.73. The largest absolute Gasteiger partial charge is 0.397 e. The van der Waals surface area contributed by atoms with E-state index in [0.717, 1.165) is 17.6 Å². The van der Waals surface area contributed by atoms with Gasteiger partial charge in [0.05, 0.1) is 23.6 Å². The number of aromatic amines is 1. The number of hydrogen-bond donors (Lipinski definition) is 3. The number of aromatic nitrogens is 2. The highest BCUT2D eigenvalue weighted by Gasteiger charge is 2.23. The number of anilines is 4. The van der Waals surface area contributed by atoms with E-state index in [1.54, 1.807) is 0 Å². The first-order valence-corrected chi connectivity index (χ1v) is 8.18. The molecule has 1 aliphatic rings. The normalized spacial score (nSPS) is 21.0. The van der Waals surface area contributed by atoms with Crippen LogP contribution in [-0.2, 0) is 0 Å². The van der Waals surface area contributed by atoms with Crippen molar-refractivity contribution in [2.75, 3.05) is 16.1 Å². The summed E-state index contributed by atoms with van der Waals surface area (Å²) in [6, 6.07) is 9.80. The van der Waals surface area contributed by atoms with Crippen LogP contribution in [0.5, 0.6) is 0 Å². The Hall–Kier alpha value is -2.34. The first-order valence-electron chi connectivity index (χ1n) is 8.18. The van der Waals surface area contributed by atoms with E-state index >= 15 is 0 Å². The first-order chi connectivity index (χ1) is 11.1. The number of nitrogens with one attached hydrogen (secondary N) is 2. The maximum absolute atomic E-state index is 6.19. The summed E-state index contributed by atoms with van der Waals surface area (Å²) in [6.45, 7) is 2.32. The number of nitrogens with two attached hydrogens (primary N) is 2. The Morgan fingerprint density at radius 3 is 2.65 bits per heavy atom. The molecular formula is C17H25N6+. The van der Waals surface area contributed by atoms with E-state index in [2.05, 4.69) is 22.2 Å². The molecule has 0 amide bonds. The van der Waals surface area contributed by atoms with E-state index < -0.39 is 0 Å². The fraction of sp³-hybridized carbons (Fsp3) is 0.412. The van der Waals surface area contributed by atoms with Crippen molar-refractivity contribution in [3.05, 3.63) is 36.5 Å². The smallest absolute Gasteiger partial charge is 0.391 e. The fourth-order valence-corrected chi connectivity index (χ4v) is 3.02. The summed E-state index contributed by atoms with van der Waals surface area (Å²) in [6.07, 6.45) is 6.73. The highest BCUT2D eigenvalue weighted by molar-refractivity contribution is 5.72. The minimum atomic E-state index is 0.471. The lowest BCUT2D eigenvalue weighted by Crippen LogP contribution is -2.31. The van der Waals surface area contributed by atoms with E-state index in [4.69, 9.17) is 11.6 Å². The van der Waals surface area contributed by atoms with Crippen molar-refractivity contribution in [3.63, 3.8) is 0 Å². The van der Waals surface area contributed by atoms with Crippen LogP contribution < -0.4 is 26.9 Å². The Morgan fingerprint density at radius 2 is 1.91 bits per heavy atom. The van der Waals surface area contributed by atoms with Gasteiger partial charge in [0.25, 0.3) is 0 Å². The lowest BCUT2D eigenvalue weighted by Gasteiger charge is -2.24. The molecule has 2 aromatic rings. The van der Waals surface area contributed by atoms with Crippen LogP contribution in [0.15, 0.2) is 36.5 Å². The van der Waals surface area contributed by atoms with Gasteiger partial charge in [0, 0.05) is 6.07 Å². The number of para-hydroxylation sites is 2. The van der Waals surface area contributed by atoms with Gasteiger partial charge in [-0.3, -0.25) is 5.32 Å². The van der Waals surface area contributed by atoms with Gasteiger partial charge in [-0.2, -0.15) is 0 Å². The van der Waals surface area contributed by atoms with Gasteiger partial charge in [-0.1, -0.05) is 24.0 Å². The van der Waals surface area contributed by atoms with Crippen molar-refractivity contribution >= 4 is 23.1 Å². The SMILES string of the molecule is CC1CCC(Nc2nc(N(N)c3ccccc3N)cc[nH+]2)CC1. The Labute approximate surface area is 136 Å². The molecule has 1 fully saturated rings. The molecule has 0 atom stereocenters. The molecular weight excluding hydrogens is 288 g/mol. The van der Waals surface area contributed by atoms with Crippen molar-refractivity contribution in [2.45, 2.75) is 38.6 Å². The third-order valence-corrected chi connectivity index (χ3v) is 4.48. The monoisotopic (exact) mass is 313 g/mol. The van der Waals surface area contributed by atoms with Crippen LogP contribution in [0.2, 0.25) is 0 Å². The molecule has 1 saturated carbocycles. The third kappa shape index (κ3) is 3.71. The molecule has 0 spiro atoms. The van der Waals surface area contributed by atoms with Gasteiger partial charge in [-0.15, -0.1) is 0 Å². The summed E-state index contributed by atoms with van der Waals surface area (Å²) in [7, 11) is 0. The summed E-state index contributed by atoms with van der Waals surface area (Å²) in [5.41, 5.74) is 7.35. The second kappa shape index (κ2) is 6.83. The molecule has 6 N–H and O–H groups in total. The van der Waals surface area contributed by atoms with Crippen molar-refractivity contribution < 1.29 is 4.98 Å². The van der Waals surface area contributed by atoms with Crippen LogP contribution in [-0.4, -0.2) is 11.0 Å². The topological polar surface area (TPSA) is 94.3 Å². The van der Waals surface area contributed by atoms with Gasteiger partial charge in [0.2, 0.25) is 5.82 Å². The molecule has 3 rings (SSSR count). The number of benzene rings is 1. The van der Waals surface area contributed by atoms with Crippen LogP contribution in [0.1, 0.15) is 32.6 Å². The number of nitrogen functional groups attached to an aromatic ring is 1. The number of nitrogens with zero attached hydrogens (tertiary/aromatic N) is 2. The van der Waals surface area contributed by atoms with E-state index in [1.165, 1.54) is 30.7 Å². The maximum Gasteiger partial charge on any atom is 0.391 e. The predicted molar refractivity (Wildman–Crippen MR) is 93.0 cm³/mol. The quantitative estimate of drug-likeness (QED) is 0.458. The van der Waals surface area contributed by atoms with Gasteiger partial charge < -0.3 is 5.73 Å². The van der Waals surface area contributed by atoms with Crippen molar-refractivity contribution in [3.8, 4) is 0 Å². The van der Waals surface area contributed by atoms with Gasteiger partial charge in [-0.25, -0.2) is 15.8 Å². The summed E-state index contributed by atoms with van der Waals surface area (Å²) in [5, 5.41) is 4.99. The summed E-state index contributed by atoms with van der Waals surface area (Å²) >= 11 is 0. The molecule has 1 aromatic heterocycles. The molecule has 0 saturated heterocycles. The Bertz CT molecular complexity index is 651. The lowest BCUT2D eigenvalue weighted by atomic mass is 9.87. The van der Waals surface area contributed by atoms with Crippen LogP contribution in [0, 0.1) is 5.92 Å². The zero-order valence-corrected chi connectivity index (χ0v) is 13.5. The molecule has 1 aromatic carbocycles. The van der Waals surface area contributed by atoms with Crippen molar-refractivity contribution in [1.82, 2.24) is 4.98 Å². The summed E-state index contributed by atoms with van der Waals surface area (Å²) in [4.78, 5) is 7.73. The Kier molecular flexibility index (Phi) is 4.62. The van der Waals surface area contributed by atoms with E-state index in [1.807, 2.05) is 36.5 Å². The molecule has 0 aliphatic heterocycles. The van der Waals surface area contributed by atoms with Crippen LogP contribution in [0.4, 0.5) is 23.1 Å². The number of hydrogen-bond acceptors (Lipinski definition) is 5. The van der Waals surface area contributed by atoms with Gasteiger partial charge in [0.15, 0.2) is 0 Å². The average Bonchev–Trinajstić information content (AvgIpc) is 2.57. The Morgan fingerprint density at radius 1 is 1.17 bits per heavy atom. The number of hydrazine groups is 1. The zero-order valence-electron chi connectivity index (χ0n) is 13.5. The second-order valence-electron chi connectivity index (χ2n) is 6.33. The van der Waals surface area contributed by atoms with Gasteiger partial charge >= 0.3 is 5.95 Å². The number of H-pyrrole nitrogens is 1. The molecule has 0 bridgehead atoms. The molecule has 1 aliphatic carbocycles. The standard InChI is InChI=1S/C17H24N6/c1-12-6-8-13(9-7-12)21-17-20-11-10-16(22-17)23(19)15-5-3-2-4-14(15)18/h2-5,10-13H,6-9,18-19H2,1H3,(H,20,21,22)/p+1. The van der Waals surface area contributed by atoms with Crippen molar-refractivity contribution in [2.24, 2.45) is 11.8 Å². The highest BCUT2D eigenvalue weighted by atomic mass is 15.4. The fourth-order valence-electron chi connectivity index (χ4n) is 3.02. The first kappa shape index (κ1) is 15.6. The molecule has 6 heteroatoms. The summed E-state index contributed by atoms with van der Waals surface area (Å²) in [5.74, 6) is 8.41. The van der Waals surface area contributed by atoms with E-state index in [-0.39, 0.29) is 0 Å². The molecule has 6 nitrogen and oxygen atoms in total. The third-order valence-electron chi connectivity index (χ3n) is 4.48. The van der Waals surface area contributed by atoms with Crippen LogP contribution in [0.25, 0.3) is 0 Å². The molecule has 1 heterocycles. The zero-order chi connectivity index (χ0) is 16.2.